The molecule has 2 aromatic heterocycles. The van der Waals surface area contributed by atoms with Gasteiger partial charge in [-0.15, -0.1) is 0 Å². The molecule has 0 aliphatic carbocycles. The van der Waals surface area contributed by atoms with Crippen molar-refractivity contribution in [2.45, 2.75) is 0 Å². The van der Waals surface area contributed by atoms with Gasteiger partial charge in [-0.05, 0) is 30.3 Å². The van der Waals surface area contributed by atoms with E-state index in [4.69, 9.17) is 4.74 Å². The monoisotopic (exact) mass is 495 g/mol. The number of fused-ring (bicyclic) bond motifs is 1. The molecule has 0 saturated heterocycles. The van der Waals surface area contributed by atoms with Crippen LogP contribution in [0.15, 0.2) is 55.4 Å². The number of hydrogen-bond donors (Lipinski definition) is 1. The zero-order valence-electron chi connectivity index (χ0n) is 13.7. The number of halogens is 3. The number of benzene rings is 2. The van der Waals surface area contributed by atoms with Crippen molar-refractivity contribution in [2.24, 2.45) is 0 Å². The van der Waals surface area contributed by atoms with E-state index >= 15 is 0 Å². The Morgan fingerprint density at radius 3 is 2.74 bits per heavy atom. The van der Waals surface area contributed by atoms with Crippen molar-refractivity contribution in [3.63, 3.8) is 0 Å². The predicted octanol–water partition coefficient (Wildman–Crippen LogP) is 6.59. The second kappa shape index (κ2) is 7.35. The van der Waals surface area contributed by atoms with Crippen LogP contribution in [-0.4, -0.2) is 14.2 Å². The SMILES string of the molecule is C=Cc1c(Oc2ccc(F)c(-c3cc[nH]n3)c2)c(F)cc2c1ccn2SI. The van der Waals surface area contributed by atoms with Crippen LogP contribution in [0.2, 0.25) is 0 Å². The first kappa shape index (κ1) is 18.1. The minimum Gasteiger partial charge on any atom is -0.454 e. The summed E-state index contributed by atoms with van der Waals surface area (Å²) in [6, 6.07) is 9.16. The average molecular weight is 495 g/mol. The Morgan fingerprint density at radius 2 is 2.04 bits per heavy atom. The molecule has 2 aromatic carbocycles. The topological polar surface area (TPSA) is 42.8 Å². The van der Waals surface area contributed by atoms with Gasteiger partial charge in [0.05, 0.1) is 11.2 Å². The average Bonchev–Trinajstić information content (AvgIpc) is 3.33. The van der Waals surface area contributed by atoms with Crippen LogP contribution in [0.3, 0.4) is 0 Å². The highest BCUT2D eigenvalue weighted by atomic mass is 127. The Morgan fingerprint density at radius 1 is 1.19 bits per heavy atom. The molecule has 1 N–H and O–H groups in total. The molecule has 0 spiro atoms. The summed E-state index contributed by atoms with van der Waals surface area (Å²) in [4.78, 5) is 0. The number of aromatic amines is 1. The first-order chi connectivity index (χ1) is 13.1. The third-order valence-electron chi connectivity index (χ3n) is 4.12. The fourth-order valence-corrected chi connectivity index (χ4v) is 4.25. The standard InChI is InChI=1S/C19H12F2IN3OS/c1-2-12-13-6-8-25(27-22)18(13)10-16(21)19(12)26-11-3-4-15(20)14(9-11)17-5-7-23-24-17/h2-10H,1H2,(H,23,24). The molecule has 27 heavy (non-hydrogen) atoms. The summed E-state index contributed by atoms with van der Waals surface area (Å²) in [7, 11) is 1.44. The molecule has 136 valence electrons. The van der Waals surface area contributed by atoms with Gasteiger partial charge < -0.3 is 4.74 Å². The predicted molar refractivity (Wildman–Crippen MR) is 113 cm³/mol. The number of hydrogen-bond acceptors (Lipinski definition) is 3. The fraction of sp³-hybridized carbons (Fsp3) is 0. The summed E-state index contributed by atoms with van der Waals surface area (Å²) in [5, 5.41) is 7.45. The van der Waals surface area contributed by atoms with Crippen molar-refractivity contribution in [1.29, 1.82) is 0 Å². The van der Waals surface area contributed by atoms with E-state index < -0.39 is 11.6 Å². The number of nitrogens with one attached hydrogen (secondary N) is 1. The number of ether oxygens (including phenoxy) is 1. The maximum absolute atomic E-state index is 14.8. The summed E-state index contributed by atoms with van der Waals surface area (Å²) >= 11 is 2.13. The molecule has 0 aliphatic heterocycles. The fourth-order valence-electron chi connectivity index (χ4n) is 2.89. The zero-order chi connectivity index (χ0) is 19.0. The minimum atomic E-state index is -0.520. The molecule has 0 aliphatic rings. The van der Waals surface area contributed by atoms with Gasteiger partial charge in [0.15, 0.2) is 11.6 Å². The summed E-state index contributed by atoms with van der Waals surface area (Å²) in [6.07, 6.45) is 5.01. The van der Waals surface area contributed by atoms with Crippen LogP contribution in [-0.2, 0) is 0 Å². The van der Waals surface area contributed by atoms with Crippen molar-refractivity contribution in [3.8, 4) is 22.8 Å². The lowest BCUT2D eigenvalue weighted by atomic mass is 10.1. The first-order valence-corrected chi connectivity index (χ1v) is 11.2. The molecule has 0 saturated carbocycles. The quantitative estimate of drug-likeness (QED) is 0.318. The van der Waals surface area contributed by atoms with Gasteiger partial charge in [0.25, 0.3) is 0 Å². The lowest BCUT2D eigenvalue weighted by Crippen LogP contribution is -1.95. The molecular weight excluding hydrogens is 483 g/mol. The third kappa shape index (κ3) is 3.23. The van der Waals surface area contributed by atoms with Crippen LogP contribution < -0.4 is 4.74 Å². The molecule has 2 heterocycles. The summed E-state index contributed by atoms with van der Waals surface area (Å²) in [6.45, 7) is 3.79. The van der Waals surface area contributed by atoms with E-state index in [0.29, 0.717) is 17.0 Å². The van der Waals surface area contributed by atoms with Crippen LogP contribution in [0.25, 0.3) is 28.2 Å². The molecule has 0 radical (unpaired) electrons. The van der Waals surface area contributed by atoms with Gasteiger partial charge in [-0.3, -0.25) is 9.07 Å². The highest BCUT2D eigenvalue weighted by Crippen LogP contribution is 2.38. The van der Waals surface area contributed by atoms with Crippen molar-refractivity contribution in [3.05, 3.63) is 72.6 Å². The van der Waals surface area contributed by atoms with Crippen molar-refractivity contribution < 1.29 is 13.5 Å². The van der Waals surface area contributed by atoms with E-state index in [0.717, 1.165) is 10.9 Å². The Hall–Kier alpha value is -2.33. The van der Waals surface area contributed by atoms with Gasteiger partial charge in [-0.25, -0.2) is 8.78 Å². The molecule has 0 unspecified atom stereocenters. The summed E-state index contributed by atoms with van der Waals surface area (Å²) in [5.41, 5.74) is 1.97. The van der Waals surface area contributed by atoms with Crippen molar-refractivity contribution in [2.75, 3.05) is 0 Å². The second-order valence-electron chi connectivity index (χ2n) is 5.65. The smallest absolute Gasteiger partial charge is 0.170 e. The number of nitrogens with zero attached hydrogens (tertiary/aromatic N) is 2. The normalized spacial score (nSPS) is 11.1. The van der Waals surface area contributed by atoms with Gasteiger partial charge in [0.2, 0.25) is 0 Å². The van der Waals surface area contributed by atoms with Gasteiger partial charge in [-0.2, -0.15) is 5.10 Å². The molecule has 4 nitrogen and oxygen atoms in total. The van der Waals surface area contributed by atoms with Crippen molar-refractivity contribution in [1.82, 2.24) is 14.2 Å². The van der Waals surface area contributed by atoms with Gasteiger partial charge in [-0.1, -0.05) is 12.7 Å². The van der Waals surface area contributed by atoms with E-state index in [1.54, 1.807) is 18.3 Å². The molecular formula is C19H12F2IN3OS. The zero-order valence-corrected chi connectivity index (χ0v) is 16.7. The molecule has 4 rings (SSSR count). The first-order valence-electron chi connectivity index (χ1n) is 7.85. The highest BCUT2D eigenvalue weighted by molar-refractivity contribution is 14.2. The van der Waals surface area contributed by atoms with Crippen LogP contribution in [0.5, 0.6) is 11.5 Å². The van der Waals surface area contributed by atoms with E-state index in [9.17, 15) is 8.78 Å². The molecule has 4 aromatic rings. The van der Waals surface area contributed by atoms with Crippen LogP contribution in [0.4, 0.5) is 8.78 Å². The largest absolute Gasteiger partial charge is 0.454 e. The van der Waals surface area contributed by atoms with E-state index in [1.807, 2.05) is 16.2 Å². The van der Waals surface area contributed by atoms with Gasteiger partial charge >= 0.3 is 0 Å². The summed E-state index contributed by atoms with van der Waals surface area (Å²) in [5.74, 6) is -0.606. The van der Waals surface area contributed by atoms with E-state index in [-0.39, 0.29) is 11.3 Å². The van der Waals surface area contributed by atoms with Crippen molar-refractivity contribution >= 4 is 47.3 Å². The van der Waals surface area contributed by atoms with E-state index in [1.165, 1.54) is 33.4 Å². The maximum atomic E-state index is 14.8. The number of aromatic nitrogens is 3. The number of rotatable bonds is 5. The lowest BCUT2D eigenvalue weighted by Gasteiger charge is -2.13. The van der Waals surface area contributed by atoms with Crippen LogP contribution >= 0.6 is 30.3 Å². The Balaban J connectivity index is 1.81. The van der Waals surface area contributed by atoms with E-state index in [2.05, 4.69) is 38.0 Å². The highest BCUT2D eigenvalue weighted by Gasteiger charge is 2.17. The summed E-state index contributed by atoms with van der Waals surface area (Å²) < 4.78 is 36.6. The lowest BCUT2D eigenvalue weighted by molar-refractivity contribution is 0.441. The Bertz CT molecular complexity index is 1140. The molecule has 0 atom stereocenters. The van der Waals surface area contributed by atoms with Gasteiger partial charge in [0.1, 0.15) is 11.6 Å². The molecule has 8 heteroatoms. The third-order valence-corrected chi connectivity index (χ3v) is 5.86. The van der Waals surface area contributed by atoms with Crippen LogP contribution in [0.1, 0.15) is 5.56 Å². The minimum absolute atomic E-state index is 0.0493. The Kier molecular flexibility index (Phi) is 4.92. The molecule has 0 bridgehead atoms. The Labute approximate surface area is 169 Å². The number of H-pyrrole nitrogens is 1. The molecule has 0 amide bonds. The maximum Gasteiger partial charge on any atom is 0.170 e. The van der Waals surface area contributed by atoms with Crippen LogP contribution in [0, 0.1) is 11.6 Å². The second-order valence-corrected chi connectivity index (χ2v) is 7.36. The van der Waals surface area contributed by atoms with Gasteiger partial charge in [0, 0.05) is 65.3 Å². The molecule has 0 fully saturated rings.